The number of carbonyl (C=O) groups excluding carboxylic acids is 2. The molecular formula is C18H15N3O3S. The van der Waals surface area contributed by atoms with Gasteiger partial charge in [-0.2, -0.15) is 0 Å². The summed E-state index contributed by atoms with van der Waals surface area (Å²) in [5, 5.41) is 12.3. The number of rotatable bonds is 3. The number of benzene rings is 2. The molecule has 2 aromatic carbocycles. The van der Waals surface area contributed by atoms with E-state index in [1.54, 1.807) is 30.3 Å². The van der Waals surface area contributed by atoms with Crippen LogP contribution in [0.1, 0.15) is 5.56 Å². The predicted molar refractivity (Wildman–Crippen MR) is 99.2 cm³/mol. The molecule has 25 heavy (non-hydrogen) atoms. The van der Waals surface area contributed by atoms with Crippen molar-refractivity contribution < 1.29 is 14.7 Å². The van der Waals surface area contributed by atoms with Crippen LogP contribution in [0.2, 0.25) is 0 Å². The molecular weight excluding hydrogens is 338 g/mol. The first kappa shape index (κ1) is 16.8. The van der Waals surface area contributed by atoms with Crippen molar-refractivity contribution in [2.75, 3.05) is 4.90 Å². The third-order valence-electron chi connectivity index (χ3n) is 3.74. The Morgan fingerprint density at radius 3 is 2.52 bits per heavy atom. The number of hydrogen-bond donors (Lipinski definition) is 2. The maximum Gasteiger partial charge on any atom is 0.251 e. The van der Waals surface area contributed by atoms with Gasteiger partial charge >= 0.3 is 0 Å². The molecule has 0 radical (unpaired) electrons. The Kier molecular flexibility index (Phi) is 4.58. The molecule has 1 atom stereocenters. The molecule has 2 aromatic rings. The van der Waals surface area contributed by atoms with E-state index >= 15 is 0 Å². The van der Waals surface area contributed by atoms with Gasteiger partial charge < -0.3 is 10.4 Å². The van der Waals surface area contributed by atoms with Crippen molar-refractivity contribution >= 4 is 46.7 Å². The minimum Gasteiger partial charge on any atom is -0.506 e. The molecule has 126 valence electrons. The van der Waals surface area contributed by atoms with E-state index < -0.39 is 17.7 Å². The van der Waals surface area contributed by atoms with Crippen LogP contribution < -0.4 is 10.2 Å². The smallest absolute Gasteiger partial charge is 0.251 e. The predicted octanol–water partition coefficient (Wildman–Crippen LogP) is 2.47. The highest BCUT2D eigenvalue weighted by molar-refractivity contribution is 7.80. The summed E-state index contributed by atoms with van der Waals surface area (Å²) >= 11 is 5.14. The number of phenols is 1. The van der Waals surface area contributed by atoms with Crippen LogP contribution >= 0.6 is 12.2 Å². The molecule has 6 nitrogen and oxygen atoms in total. The van der Waals surface area contributed by atoms with Gasteiger partial charge in [0.25, 0.3) is 5.91 Å². The Hall–Kier alpha value is -3.06. The summed E-state index contributed by atoms with van der Waals surface area (Å²) in [6.45, 7) is 1.93. The molecule has 0 aliphatic carbocycles. The molecule has 2 N–H and O–H groups in total. The van der Waals surface area contributed by atoms with Gasteiger partial charge in [-0.05, 0) is 43.4 Å². The minimum atomic E-state index is -1.13. The van der Waals surface area contributed by atoms with Gasteiger partial charge in [0.2, 0.25) is 5.91 Å². The summed E-state index contributed by atoms with van der Waals surface area (Å²) in [6.07, 6.45) is 1.22. The number of nitrogens with one attached hydrogen (secondary N) is 1. The van der Waals surface area contributed by atoms with Crippen molar-refractivity contribution in [3.8, 4) is 5.75 Å². The number of aryl methyl sites for hydroxylation is 1. The quantitative estimate of drug-likeness (QED) is 0.504. The largest absolute Gasteiger partial charge is 0.506 e. The average molecular weight is 353 g/mol. The van der Waals surface area contributed by atoms with Gasteiger partial charge in [-0.3, -0.25) is 19.5 Å². The second kappa shape index (κ2) is 6.82. The lowest BCUT2D eigenvalue weighted by atomic mass is 10.1. The van der Waals surface area contributed by atoms with Crippen LogP contribution in [0.3, 0.4) is 0 Å². The summed E-state index contributed by atoms with van der Waals surface area (Å²) in [6, 6.07) is 13.6. The molecule has 1 saturated heterocycles. The number of amides is 2. The molecule has 1 aliphatic rings. The van der Waals surface area contributed by atoms with Gasteiger partial charge in [-0.15, -0.1) is 0 Å². The highest BCUT2D eigenvalue weighted by Crippen LogP contribution is 2.26. The minimum absolute atomic E-state index is 0.0334. The summed E-state index contributed by atoms with van der Waals surface area (Å²) in [4.78, 5) is 30.3. The Bertz CT molecular complexity index is 877. The van der Waals surface area contributed by atoms with Crippen LogP contribution in [0.4, 0.5) is 11.4 Å². The lowest BCUT2D eigenvalue weighted by molar-refractivity contribution is -0.130. The van der Waals surface area contributed by atoms with Crippen molar-refractivity contribution in [1.82, 2.24) is 5.32 Å². The van der Waals surface area contributed by atoms with Crippen LogP contribution in [0.5, 0.6) is 5.75 Å². The summed E-state index contributed by atoms with van der Waals surface area (Å²) in [5.41, 5.74) is 1.89. The third-order valence-corrected chi connectivity index (χ3v) is 4.02. The zero-order chi connectivity index (χ0) is 18.0. The molecule has 2 amide bonds. The van der Waals surface area contributed by atoms with Crippen molar-refractivity contribution in [3.05, 3.63) is 54.1 Å². The number of para-hydroxylation sites is 2. The number of aliphatic imine (C=N–C) groups is 1. The third kappa shape index (κ3) is 3.41. The molecule has 7 heteroatoms. The van der Waals surface area contributed by atoms with Gasteiger partial charge in [0.15, 0.2) is 11.0 Å². The highest BCUT2D eigenvalue weighted by Gasteiger charge is 2.38. The first-order valence-electron chi connectivity index (χ1n) is 7.55. The van der Waals surface area contributed by atoms with Crippen LogP contribution in [0, 0.1) is 12.8 Å². The van der Waals surface area contributed by atoms with Gasteiger partial charge in [0, 0.05) is 6.21 Å². The fourth-order valence-corrected chi connectivity index (χ4v) is 2.68. The number of carbonyl (C=O) groups is 2. The fourth-order valence-electron chi connectivity index (χ4n) is 2.39. The van der Waals surface area contributed by atoms with E-state index in [1.165, 1.54) is 17.2 Å². The molecule has 1 heterocycles. The fraction of sp³-hybridized carbons (Fsp3) is 0.111. The van der Waals surface area contributed by atoms with E-state index in [4.69, 9.17) is 12.2 Å². The lowest BCUT2D eigenvalue weighted by Crippen LogP contribution is -2.58. The topological polar surface area (TPSA) is 82.0 Å². The molecule has 0 bridgehead atoms. The first-order valence-corrected chi connectivity index (χ1v) is 7.96. The van der Waals surface area contributed by atoms with Crippen molar-refractivity contribution in [3.63, 3.8) is 0 Å². The Labute approximate surface area is 149 Å². The maximum atomic E-state index is 12.8. The number of thiocarbonyl (C=S) groups is 1. The van der Waals surface area contributed by atoms with Crippen molar-refractivity contribution in [2.24, 2.45) is 10.9 Å². The molecule has 1 aliphatic heterocycles. The molecule has 3 rings (SSSR count). The van der Waals surface area contributed by atoms with Crippen LogP contribution in [-0.2, 0) is 9.59 Å². The van der Waals surface area contributed by atoms with Crippen LogP contribution in [0.15, 0.2) is 53.5 Å². The maximum absolute atomic E-state index is 12.8. The SMILES string of the molecule is Cc1ccc(N2C(=O)[C@@H](C=Nc3ccccc3O)C(=O)NC2=S)cc1. The zero-order valence-corrected chi connectivity index (χ0v) is 14.2. The van der Waals surface area contributed by atoms with Crippen LogP contribution in [0.25, 0.3) is 0 Å². The average Bonchev–Trinajstić information content (AvgIpc) is 2.57. The van der Waals surface area contributed by atoms with Crippen LogP contribution in [-0.4, -0.2) is 28.2 Å². The molecule has 0 saturated carbocycles. The second-order valence-corrected chi connectivity index (χ2v) is 5.93. The number of aromatic hydroxyl groups is 1. The molecule has 0 unspecified atom stereocenters. The molecule has 1 fully saturated rings. The number of phenolic OH excluding ortho intramolecular Hbond substituents is 1. The lowest BCUT2D eigenvalue weighted by Gasteiger charge is -2.30. The van der Waals surface area contributed by atoms with Gasteiger partial charge in [0.05, 0.1) is 5.69 Å². The van der Waals surface area contributed by atoms with Gasteiger partial charge in [0.1, 0.15) is 11.4 Å². The van der Waals surface area contributed by atoms with Crippen molar-refractivity contribution in [2.45, 2.75) is 6.92 Å². The molecule has 0 aromatic heterocycles. The summed E-state index contributed by atoms with van der Waals surface area (Å²) in [7, 11) is 0. The highest BCUT2D eigenvalue weighted by atomic mass is 32.1. The first-order chi connectivity index (χ1) is 12.0. The van der Waals surface area contributed by atoms with E-state index in [1.807, 2.05) is 19.1 Å². The molecule has 0 spiro atoms. The van der Waals surface area contributed by atoms with Gasteiger partial charge in [-0.1, -0.05) is 29.8 Å². The number of anilines is 1. The van der Waals surface area contributed by atoms with E-state index in [2.05, 4.69) is 10.3 Å². The normalized spacial score (nSPS) is 17.9. The Balaban J connectivity index is 1.90. The Morgan fingerprint density at radius 2 is 1.84 bits per heavy atom. The summed E-state index contributed by atoms with van der Waals surface area (Å²) < 4.78 is 0. The second-order valence-electron chi connectivity index (χ2n) is 5.55. The van der Waals surface area contributed by atoms with Gasteiger partial charge in [-0.25, -0.2) is 0 Å². The summed E-state index contributed by atoms with van der Waals surface area (Å²) in [5.74, 6) is -2.20. The van der Waals surface area contributed by atoms with Crippen molar-refractivity contribution in [1.29, 1.82) is 0 Å². The zero-order valence-electron chi connectivity index (χ0n) is 13.3. The number of hydrogen-bond acceptors (Lipinski definition) is 5. The monoisotopic (exact) mass is 353 g/mol. The van der Waals surface area contributed by atoms with E-state index in [0.717, 1.165) is 5.56 Å². The van der Waals surface area contributed by atoms with E-state index in [9.17, 15) is 14.7 Å². The van der Waals surface area contributed by atoms with E-state index in [0.29, 0.717) is 5.69 Å². The number of nitrogens with zero attached hydrogens (tertiary/aromatic N) is 2. The standard InChI is InChI=1S/C18H15N3O3S/c1-11-6-8-12(9-7-11)21-17(24)13(16(23)20-18(21)25)10-19-14-4-2-3-5-15(14)22/h2-10,13,22H,1H3,(H,20,23,25)/t13-/m0/s1. The Morgan fingerprint density at radius 1 is 1.16 bits per heavy atom. The van der Waals surface area contributed by atoms with E-state index in [-0.39, 0.29) is 16.5 Å².